The second kappa shape index (κ2) is 8.04. The first-order chi connectivity index (χ1) is 11.8. The maximum Gasteiger partial charge on any atom is 0.269 e. The summed E-state index contributed by atoms with van der Waals surface area (Å²) in [6, 6.07) is 6.70. The zero-order valence-electron chi connectivity index (χ0n) is 13.1. The van der Waals surface area contributed by atoms with Crippen molar-refractivity contribution in [1.82, 2.24) is 0 Å². The van der Waals surface area contributed by atoms with Crippen LogP contribution in [0.25, 0.3) is 0 Å². The fourth-order valence-electron chi connectivity index (χ4n) is 2.07. The van der Waals surface area contributed by atoms with Crippen LogP contribution in [0.4, 0.5) is 11.4 Å². The Labute approximate surface area is 153 Å². The minimum atomic E-state index is -0.551. The number of nitro benzene ring substituents is 1. The van der Waals surface area contributed by atoms with E-state index < -0.39 is 10.8 Å². The molecule has 2 rings (SSSR count). The average Bonchev–Trinajstić information content (AvgIpc) is 2.58. The van der Waals surface area contributed by atoms with Crippen molar-refractivity contribution in [3.8, 4) is 11.5 Å². The smallest absolute Gasteiger partial charge is 0.269 e. The molecule has 0 unspecified atom stereocenters. The lowest BCUT2D eigenvalue weighted by atomic mass is 10.1. The summed E-state index contributed by atoms with van der Waals surface area (Å²) in [5.41, 5.74) is 0.576. The number of benzene rings is 2. The summed E-state index contributed by atoms with van der Waals surface area (Å²) in [6.45, 7) is 1.48. The van der Waals surface area contributed by atoms with Gasteiger partial charge in [0.2, 0.25) is 0 Å². The maximum absolute atomic E-state index is 11.9. The molecular formula is C16H14Cl2N2O5. The van der Waals surface area contributed by atoms with Crippen molar-refractivity contribution in [2.24, 2.45) is 0 Å². The van der Waals surface area contributed by atoms with Crippen LogP contribution in [-0.4, -0.2) is 22.5 Å². The van der Waals surface area contributed by atoms with Gasteiger partial charge in [-0.3, -0.25) is 14.9 Å². The van der Waals surface area contributed by atoms with Gasteiger partial charge in [-0.05, 0) is 30.2 Å². The molecule has 0 aromatic heterocycles. The van der Waals surface area contributed by atoms with E-state index in [2.05, 4.69) is 5.32 Å². The molecule has 0 atom stereocenters. The van der Waals surface area contributed by atoms with Gasteiger partial charge in [0.15, 0.2) is 12.4 Å². The van der Waals surface area contributed by atoms with Crippen molar-refractivity contribution < 1.29 is 19.6 Å². The highest BCUT2D eigenvalue weighted by atomic mass is 35.5. The highest BCUT2D eigenvalue weighted by Gasteiger charge is 2.16. The van der Waals surface area contributed by atoms with Gasteiger partial charge in [-0.1, -0.05) is 30.1 Å². The van der Waals surface area contributed by atoms with E-state index >= 15 is 0 Å². The molecule has 0 aliphatic rings. The lowest BCUT2D eigenvalue weighted by Gasteiger charge is -2.13. The number of nitrogens with one attached hydrogen (secondary N) is 1. The maximum atomic E-state index is 11.9. The third kappa shape index (κ3) is 4.52. The third-order valence-corrected chi connectivity index (χ3v) is 4.08. The topological polar surface area (TPSA) is 102 Å². The molecule has 0 spiro atoms. The Morgan fingerprint density at radius 1 is 1.32 bits per heavy atom. The van der Waals surface area contributed by atoms with Gasteiger partial charge in [-0.2, -0.15) is 0 Å². The van der Waals surface area contributed by atoms with Gasteiger partial charge in [0.05, 0.1) is 15.6 Å². The summed E-state index contributed by atoms with van der Waals surface area (Å²) in [5.74, 6) is -0.529. The number of rotatable bonds is 6. The number of anilines is 1. The summed E-state index contributed by atoms with van der Waals surface area (Å²) >= 11 is 12.1. The predicted octanol–water partition coefficient (Wildman–Crippen LogP) is 4.19. The van der Waals surface area contributed by atoms with Crippen molar-refractivity contribution in [2.75, 3.05) is 11.9 Å². The van der Waals surface area contributed by atoms with Crippen LogP contribution in [0, 0.1) is 10.1 Å². The van der Waals surface area contributed by atoms with Crippen LogP contribution in [0.5, 0.6) is 11.5 Å². The molecule has 0 aliphatic heterocycles. The Kier molecular flexibility index (Phi) is 6.06. The number of nitro groups is 1. The Morgan fingerprint density at radius 2 is 1.96 bits per heavy atom. The number of carbonyl (C=O) groups excluding carboxylic acids is 1. The van der Waals surface area contributed by atoms with Gasteiger partial charge in [-0.25, -0.2) is 0 Å². The first-order valence-electron chi connectivity index (χ1n) is 7.20. The lowest BCUT2D eigenvalue weighted by molar-refractivity contribution is -0.384. The molecule has 2 aromatic carbocycles. The van der Waals surface area contributed by atoms with Gasteiger partial charge in [0, 0.05) is 17.2 Å². The molecule has 0 fully saturated rings. The second-order valence-electron chi connectivity index (χ2n) is 4.99. The van der Waals surface area contributed by atoms with Crippen molar-refractivity contribution in [3.05, 3.63) is 56.1 Å². The number of hydrogen-bond donors (Lipinski definition) is 2. The SMILES string of the molecule is CCc1c(Cl)cc(NC(=O)COc2ccc([N+](=O)[O-])cc2)c(O)c1Cl. The molecule has 2 N–H and O–H groups in total. The van der Waals surface area contributed by atoms with Gasteiger partial charge in [0.1, 0.15) is 5.75 Å². The molecule has 2 aromatic rings. The molecule has 0 aliphatic carbocycles. The zero-order chi connectivity index (χ0) is 18.6. The number of halogens is 2. The number of carbonyl (C=O) groups is 1. The van der Waals surface area contributed by atoms with Gasteiger partial charge in [0.25, 0.3) is 11.6 Å². The van der Waals surface area contributed by atoms with Gasteiger partial charge < -0.3 is 15.2 Å². The minimum Gasteiger partial charge on any atom is -0.504 e. The molecule has 0 saturated carbocycles. The van der Waals surface area contributed by atoms with E-state index in [9.17, 15) is 20.0 Å². The minimum absolute atomic E-state index is 0.0736. The van der Waals surface area contributed by atoms with Crippen LogP contribution in [0.3, 0.4) is 0 Å². The molecule has 25 heavy (non-hydrogen) atoms. The molecule has 0 saturated heterocycles. The van der Waals surface area contributed by atoms with Crippen LogP contribution in [0.15, 0.2) is 30.3 Å². The number of nitrogens with zero attached hydrogens (tertiary/aromatic N) is 1. The molecular weight excluding hydrogens is 371 g/mol. The number of hydrogen-bond acceptors (Lipinski definition) is 5. The highest BCUT2D eigenvalue weighted by molar-refractivity contribution is 6.37. The van der Waals surface area contributed by atoms with Crippen LogP contribution < -0.4 is 10.1 Å². The molecule has 7 nitrogen and oxygen atoms in total. The van der Waals surface area contributed by atoms with E-state index in [0.29, 0.717) is 22.8 Å². The lowest BCUT2D eigenvalue weighted by Crippen LogP contribution is -2.20. The van der Waals surface area contributed by atoms with E-state index in [0.717, 1.165) is 0 Å². The van der Waals surface area contributed by atoms with E-state index in [1.807, 2.05) is 6.92 Å². The number of ether oxygens (including phenoxy) is 1. The van der Waals surface area contributed by atoms with Crippen LogP contribution in [-0.2, 0) is 11.2 Å². The Morgan fingerprint density at radius 3 is 2.52 bits per heavy atom. The summed E-state index contributed by atoms with van der Waals surface area (Å²) in [4.78, 5) is 22.0. The van der Waals surface area contributed by atoms with Crippen molar-refractivity contribution in [2.45, 2.75) is 13.3 Å². The summed E-state index contributed by atoms with van der Waals surface area (Å²) in [5, 5.41) is 23.5. The molecule has 132 valence electrons. The standard InChI is InChI=1S/C16H14Cl2N2O5/c1-2-11-12(17)7-13(16(22)15(11)18)19-14(21)8-25-10-5-3-9(4-6-10)20(23)24/h3-7,22H,2,8H2,1H3,(H,19,21). The van der Waals surface area contributed by atoms with E-state index in [1.54, 1.807) is 0 Å². The van der Waals surface area contributed by atoms with Gasteiger partial charge in [-0.15, -0.1) is 0 Å². The summed E-state index contributed by atoms with van der Waals surface area (Å²) in [6.07, 6.45) is 0.530. The normalized spacial score (nSPS) is 10.4. The Balaban J connectivity index is 2.02. The Bertz CT molecular complexity index is 809. The fraction of sp³-hybridized carbons (Fsp3) is 0.188. The molecule has 0 bridgehead atoms. The predicted molar refractivity (Wildman–Crippen MR) is 94.7 cm³/mol. The van der Waals surface area contributed by atoms with E-state index in [-0.39, 0.29) is 28.8 Å². The fourth-order valence-corrected chi connectivity index (χ4v) is 2.79. The number of non-ortho nitro benzene ring substituents is 1. The summed E-state index contributed by atoms with van der Waals surface area (Å²) in [7, 11) is 0. The number of amides is 1. The van der Waals surface area contributed by atoms with Crippen LogP contribution in [0.1, 0.15) is 12.5 Å². The van der Waals surface area contributed by atoms with Crippen LogP contribution >= 0.6 is 23.2 Å². The molecule has 0 radical (unpaired) electrons. The summed E-state index contributed by atoms with van der Waals surface area (Å²) < 4.78 is 5.24. The molecule has 0 heterocycles. The Hall–Kier alpha value is -2.51. The van der Waals surface area contributed by atoms with E-state index in [1.165, 1.54) is 30.3 Å². The van der Waals surface area contributed by atoms with Crippen molar-refractivity contribution >= 4 is 40.5 Å². The quantitative estimate of drug-likeness (QED) is 0.441. The van der Waals surface area contributed by atoms with Crippen LogP contribution in [0.2, 0.25) is 10.0 Å². The number of phenols is 1. The second-order valence-corrected chi connectivity index (χ2v) is 5.77. The first kappa shape index (κ1) is 18.8. The number of phenolic OH excluding ortho intramolecular Hbond substituents is 1. The largest absolute Gasteiger partial charge is 0.504 e. The molecule has 1 amide bonds. The third-order valence-electron chi connectivity index (χ3n) is 3.33. The molecule has 9 heteroatoms. The first-order valence-corrected chi connectivity index (χ1v) is 7.96. The number of aromatic hydroxyl groups is 1. The monoisotopic (exact) mass is 384 g/mol. The highest BCUT2D eigenvalue weighted by Crippen LogP contribution is 2.39. The average molecular weight is 385 g/mol. The van der Waals surface area contributed by atoms with Crippen molar-refractivity contribution in [1.29, 1.82) is 0 Å². The van der Waals surface area contributed by atoms with Crippen molar-refractivity contribution in [3.63, 3.8) is 0 Å². The zero-order valence-corrected chi connectivity index (χ0v) is 14.6. The van der Waals surface area contributed by atoms with E-state index in [4.69, 9.17) is 27.9 Å². The van der Waals surface area contributed by atoms with Gasteiger partial charge >= 0.3 is 0 Å².